The van der Waals surface area contributed by atoms with Crippen LogP contribution in [0.5, 0.6) is 0 Å². The van der Waals surface area contributed by atoms with Crippen LogP contribution in [0.3, 0.4) is 0 Å². The lowest BCUT2D eigenvalue weighted by molar-refractivity contribution is -0.136. The van der Waals surface area contributed by atoms with Crippen molar-refractivity contribution in [3.05, 3.63) is 28.8 Å². The number of hydrogen-bond acceptors (Lipinski definition) is 3. The molecule has 0 aromatic heterocycles. The van der Waals surface area contributed by atoms with Crippen molar-refractivity contribution in [3.63, 3.8) is 0 Å². The van der Waals surface area contributed by atoms with Crippen molar-refractivity contribution in [1.29, 1.82) is 0 Å². The SMILES string of the molecule is CCN(CC)CCNC(=O)C(=O)Nc1cccc(Cl)c1C. The molecule has 0 heterocycles. The van der Waals surface area contributed by atoms with Crippen molar-refractivity contribution in [3.8, 4) is 0 Å². The van der Waals surface area contributed by atoms with Crippen molar-refractivity contribution in [2.45, 2.75) is 20.8 Å². The molecular weight excluding hydrogens is 290 g/mol. The Morgan fingerprint density at radius 2 is 1.86 bits per heavy atom. The van der Waals surface area contributed by atoms with E-state index in [0.29, 0.717) is 17.3 Å². The Balaban J connectivity index is 2.48. The van der Waals surface area contributed by atoms with Gasteiger partial charge in [-0.3, -0.25) is 9.59 Å². The summed E-state index contributed by atoms with van der Waals surface area (Å²) in [4.78, 5) is 25.7. The van der Waals surface area contributed by atoms with Crippen LogP contribution in [-0.4, -0.2) is 42.9 Å². The zero-order valence-corrected chi connectivity index (χ0v) is 13.5. The van der Waals surface area contributed by atoms with E-state index in [1.54, 1.807) is 25.1 Å². The first-order chi connectivity index (χ1) is 9.99. The van der Waals surface area contributed by atoms with E-state index in [0.717, 1.165) is 25.2 Å². The molecule has 0 aliphatic rings. The number of nitrogens with one attached hydrogen (secondary N) is 2. The Bertz CT molecular complexity index is 502. The maximum absolute atomic E-state index is 11.8. The summed E-state index contributed by atoms with van der Waals surface area (Å²) < 4.78 is 0. The van der Waals surface area contributed by atoms with Gasteiger partial charge in [0.1, 0.15) is 0 Å². The summed E-state index contributed by atoms with van der Waals surface area (Å²) in [6, 6.07) is 5.17. The number of amides is 2. The third kappa shape index (κ3) is 5.36. The van der Waals surface area contributed by atoms with E-state index in [1.165, 1.54) is 0 Å². The molecule has 21 heavy (non-hydrogen) atoms. The Labute approximate surface area is 130 Å². The van der Waals surface area contributed by atoms with Crippen molar-refractivity contribution in [1.82, 2.24) is 10.2 Å². The predicted molar refractivity (Wildman–Crippen MR) is 85.6 cm³/mol. The van der Waals surface area contributed by atoms with Crippen molar-refractivity contribution in [2.24, 2.45) is 0 Å². The zero-order chi connectivity index (χ0) is 15.8. The van der Waals surface area contributed by atoms with Gasteiger partial charge in [0.15, 0.2) is 0 Å². The molecule has 2 N–H and O–H groups in total. The quantitative estimate of drug-likeness (QED) is 0.790. The third-order valence-electron chi connectivity index (χ3n) is 3.33. The largest absolute Gasteiger partial charge is 0.347 e. The molecule has 6 heteroatoms. The van der Waals surface area contributed by atoms with Crippen LogP contribution in [-0.2, 0) is 9.59 Å². The monoisotopic (exact) mass is 311 g/mol. The molecule has 0 saturated carbocycles. The van der Waals surface area contributed by atoms with Gasteiger partial charge in [-0.05, 0) is 37.7 Å². The van der Waals surface area contributed by atoms with Crippen LogP contribution in [0, 0.1) is 6.92 Å². The fourth-order valence-corrected chi connectivity index (χ4v) is 2.04. The molecular formula is C15H22ClN3O2. The maximum Gasteiger partial charge on any atom is 0.313 e. The minimum absolute atomic E-state index is 0.447. The van der Waals surface area contributed by atoms with E-state index in [9.17, 15) is 9.59 Å². The van der Waals surface area contributed by atoms with Crippen molar-refractivity contribution < 1.29 is 9.59 Å². The standard InChI is InChI=1S/C15H22ClN3O2/c1-4-19(5-2)10-9-17-14(20)15(21)18-13-8-6-7-12(16)11(13)3/h6-8H,4-5,9-10H2,1-3H3,(H,17,20)(H,18,21). The lowest BCUT2D eigenvalue weighted by Gasteiger charge is -2.17. The molecule has 5 nitrogen and oxygen atoms in total. The third-order valence-corrected chi connectivity index (χ3v) is 3.74. The van der Waals surface area contributed by atoms with Gasteiger partial charge < -0.3 is 15.5 Å². The van der Waals surface area contributed by atoms with E-state index in [4.69, 9.17) is 11.6 Å². The summed E-state index contributed by atoms with van der Waals surface area (Å²) in [6.07, 6.45) is 0. The summed E-state index contributed by atoms with van der Waals surface area (Å²) in [5, 5.41) is 5.73. The first-order valence-electron chi connectivity index (χ1n) is 7.06. The van der Waals surface area contributed by atoms with Crippen LogP contribution < -0.4 is 10.6 Å². The van der Waals surface area contributed by atoms with E-state index in [2.05, 4.69) is 29.4 Å². The molecule has 116 valence electrons. The Hall–Kier alpha value is -1.59. The highest BCUT2D eigenvalue weighted by atomic mass is 35.5. The molecule has 0 saturated heterocycles. The molecule has 1 aromatic rings. The number of rotatable bonds is 6. The van der Waals surface area contributed by atoms with Gasteiger partial charge in [-0.1, -0.05) is 31.5 Å². The highest BCUT2D eigenvalue weighted by Gasteiger charge is 2.15. The van der Waals surface area contributed by atoms with Crippen LogP contribution in [0.1, 0.15) is 19.4 Å². The summed E-state index contributed by atoms with van der Waals surface area (Å²) in [7, 11) is 0. The fourth-order valence-electron chi connectivity index (χ4n) is 1.87. The number of halogens is 1. The number of benzene rings is 1. The summed E-state index contributed by atoms with van der Waals surface area (Å²) in [6.45, 7) is 8.90. The van der Waals surface area contributed by atoms with Crippen LogP contribution in [0.4, 0.5) is 5.69 Å². The number of carbonyl (C=O) groups excluding carboxylic acids is 2. The van der Waals surface area contributed by atoms with Crippen LogP contribution in [0.2, 0.25) is 5.02 Å². The van der Waals surface area contributed by atoms with Crippen LogP contribution >= 0.6 is 11.6 Å². The molecule has 0 aliphatic carbocycles. The first-order valence-corrected chi connectivity index (χ1v) is 7.44. The van der Waals surface area contributed by atoms with E-state index < -0.39 is 11.8 Å². The Morgan fingerprint density at radius 1 is 1.19 bits per heavy atom. The number of carbonyl (C=O) groups is 2. The Morgan fingerprint density at radius 3 is 2.48 bits per heavy atom. The van der Waals surface area contributed by atoms with Gasteiger partial charge in [-0.25, -0.2) is 0 Å². The second kappa shape index (κ2) is 8.64. The number of hydrogen-bond donors (Lipinski definition) is 2. The van der Waals surface area contributed by atoms with Gasteiger partial charge in [0, 0.05) is 23.8 Å². The topological polar surface area (TPSA) is 61.4 Å². The smallest absolute Gasteiger partial charge is 0.313 e. The second-order valence-corrected chi connectivity index (χ2v) is 5.06. The molecule has 2 amide bonds. The maximum atomic E-state index is 11.8. The highest BCUT2D eigenvalue weighted by molar-refractivity contribution is 6.40. The van der Waals surface area contributed by atoms with E-state index in [-0.39, 0.29) is 0 Å². The molecule has 0 atom stereocenters. The first kappa shape index (κ1) is 17.5. The van der Waals surface area contributed by atoms with Gasteiger partial charge in [-0.2, -0.15) is 0 Å². The van der Waals surface area contributed by atoms with Gasteiger partial charge in [0.2, 0.25) is 0 Å². The van der Waals surface area contributed by atoms with Gasteiger partial charge in [0.25, 0.3) is 0 Å². The molecule has 0 aliphatic heterocycles. The molecule has 0 radical (unpaired) electrons. The van der Waals surface area contributed by atoms with Gasteiger partial charge in [-0.15, -0.1) is 0 Å². The summed E-state index contributed by atoms with van der Waals surface area (Å²) in [5.74, 6) is -1.32. The van der Waals surface area contributed by atoms with Gasteiger partial charge >= 0.3 is 11.8 Å². The molecule has 1 aromatic carbocycles. The lowest BCUT2D eigenvalue weighted by atomic mass is 10.2. The van der Waals surface area contributed by atoms with Gasteiger partial charge in [0.05, 0.1) is 0 Å². The summed E-state index contributed by atoms with van der Waals surface area (Å²) in [5.41, 5.74) is 1.29. The van der Waals surface area contributed by atoms with Crippen LogP contribution in [0.15, 0.2) is 18.2 Å². The minimum atomic E-state index is -0.681. The average molecular weight is 312 g/mol. The molecule has 0 fully saturated rings. The lowest BCUT2D eigenvalue weighted by Crippen LogP contribution is -2.40. The minimum Gasteiger partial charge on any atom is -0.347 e. The van der Waals surface area contributed by atoms with Crippen molar-refractivity contribution in [2.75, 3.05) is 31.5 Å². The highest BCUT2D eigenvalue weighted by Crippen LogP contribution is 2.22. The number of likely N-dealkylation sites (N-methyl/N-ethyl adjacent to an activating group) is 1. The number of nitrogens with zero attached hydrogens (tertiary/aromatic N) is 1. The van der Waals surface area contributed by atoms with E-state index in [1.807, 2.05) is 0 Å². The van der Waals surface area contributed by atoms with E-state index >= 15 is 0 Å². The molecule has 1 rings (SSSR count). The Kier molecular flexibility index (Phi) is 7.19. The zero-order valence-electron chi connectivity index (χ0n) is 12.7. The molecule has 0 spiro atoms. The second-order valence-electron chi connectivity index (χ2n) is 4.65. The number of anilines is 1. The normalized spacial score (nSPS) is 10.5. The van der Waals surface area contributed by atoms with Crippen molar-refractivity contribution >= 4 is 29.1 Å². The van der Waals surface area contributed by atoms with Crippen LogP contribution in [0.25, 0.3) is 0 Å². The predicted octanol–water partition coefficient (Wildman–Crippen LogP) is 2.04. The fraction of sp³-hybridized carbons (Fsp3) is 0.467. The molecule has 0 unspecified atom stereocenters. The summed E-state index contributed by atoms with van der Waals surface area (Å²) >= 11 is 5.97. The average Bonchev–Trinajstić information content (AvgIpc) is 2.48. The molecule has 0 bridgehead atoms.